The predicted molar refractivity (Wildman–Crippen MR) is 122 cm³/mol. The van der Waals surface area contributed by atoms with Crippen LogP contribution in [0.1, 0.15) is 22.3 Å². The molecular weight excluding hydrogens is 424 g/mol. The molecule has 0 bridgehead atoms. The van der Waals surface area contributed by atoms with Crippen LogP contribution in [-0.4, -0.2) is 23.9 Å². The molecule has 8 heteroatoms. The molecular formula is C25H20N2O6. The van der Waals surface area contributed by atoms with Crippen molar-refractivity contribution in [2.45, 2.75) is 13.5 Å². The Balaban J connectivity index is 1.64. The summed E-state index contributed by atoms with van der Waals surface area (Å²) >= 11 is 0. The lowest BCUT2D eigenvalue weighted by molar-refractivity contribution is -0.384. The maximum Gasteiger partial charge on any atom is 0.363 e. The fraction of sp³-hybridized carbons (Fsp3) is 0.120. The van der Waals surface area contributed by atoms with Crippen LogP contribution in [-0.2, 0) is 16.1 Å². The molecule has 166 valence electrons. The Morgan fingerprint density at radius 3 is 2.58 bits per heavy atom. The van der Waals surface area contributed by atoms with E-state index in [2.05, 4.69) is 4.99 Å². The van der Waals surface area contributed by atoms with Gasteiger partial charge in [0.25, 0.3) is 5.69 Å². The number of hydrogen-bond acceptors (Lipinski definition) is 7. The normalized spacial score (nSPS) is 14.1. The maximum atomic E-state index is 12.4. The molecule has 0 saturated heterocycles. The second-order valence-corrected chi connectivity index (χ2v) is 7.30. The Labute approximate surface area is 189 Å². The molecule has 0 aliphatic carbocycles. The van der Waals surface area contributed by atoms with E-state index in [0.29, 0.717) is 28.2 Å². The largest absolute Gasteiger partial charge is 0.493 e. The molecule has 0 radical (unpaired) electrons. The molecule has 0 fully saturated rings. The molecule has 0 spiro atoms. The smallest absolute Gasteiger partial charge is 0.363 e. The number of nitrogens with zero attached hydrogens (tertiary/aromatic N) is 2. The lowest BCUT2D eigenvalue weighted by Gasteiger charge is -2.13. The molecule has 1 aliphatic rings. The van der Waals surface area contributed by atoms with Crippen LogP contribution in [0.5, 0.6) is 11.5 Å². The van der Waals surface area contributed by atoms with Crippen LogP contribution in [0, 0.1) is 17.0 Å². The van der Waals surface area contributed by atoms with Crippen LogP contribution in [0.2, 0.25) is 0 Å². The zero-order valence-electron chi connectivity index (χ0n) is 18.0. The summed E-state index contributed by atoms with van der Waals surface area (Å²) in [5.41, 5.74) is 3.06. The first kappa shape index (κ1) is 21.8. The second kappa shape index (κ2) is 9.35. The lowest BCUT2D eigenvalue weighted by Crippen LogP contribution is -2.05. The van der Waals surface area contributed by atoms with E-state index in [9.17, 15) is 14.9 Å². The van der Waals surface area contributed by atoms with Gasteiger partial charge in [0.15, 0.2) is 17.2 Å². The Morgan fingerprint density at radius 2 is 1.85 bits per heavy atom. The monoisotopic (exact) mass is 444 g/mol. The van der Waals surface area contributed by atoms with E-state index in [-0.39, 0.29) is 23.9 Å². The van der Waals surface area contributed by atoms with Gasteiger partial charge in [-0.05, 0) is 36.8 Å². The number of aryl methyl sites for hydroxylation is 1. The highest BCUT2D eigenvalue weighted by Gasteiger charge is 2.25. The number of methoxy groups -OCH3 is 1. The van der Waals surface area contributed by atoms with Crippen molar-refractivity contribution in [2.75, 3.05) is 7.11 Å². The van der Waals surface area contributed by atoms with Gasteiger partial charge < -0.3 is 14.2 Å². The van der Waals surface area contributed by atoms with Gasteiger partial charge in [-0.25, -0.2) is 9.79 Å². The van der Waals surface area contributed by atoms with Crippen molar-refractivity contribution in [1.82, 2.24) is 0 Å². The zero-order chi connectivity index (χ0) is 23.4. The van der Waals surface area contributed by atoms with Crippen molar-refractivity contribution >= 4 is 23.6 Å². The number of rotatable bonds is 7. The first-order chi connectivity index (χ1) is 15.9. The third-order valence-electron chi connectivity index (χ3n) is 4.95. The minimum Gasteiger partial charge on any atom is -0.493 e. The summed E-state index contributed by atoms with van der Waals surface area (Å²) in [6.45, 7) is 2.04. The second-order valence-electron chi connectivity index (χ2n) is 7.30. The fourth-order valence-electron chi connectivity index (χ4n) is 3.25. The highest BCUT2D eigenvalue weighted by Crippen LogP contribution is 2.34. The molecule has 0 N–H and O–H groups in total. The number of cyclic esters (lactones) is 1. The summed E-state index contributed by atoms with van der Waals surface area (Å²) in [6.07, 6.45) is 1.56. The van der Waals surface area contributed by atoms with E-state index in [0.717, 1.165) is 5.56 Å². The van der Waals surface area contributed by atoms with E-state index in [4.69, 9.17) is 14.2 Å². The summed E-state index contributed by atoms with van der Waals surface area (Å²) in [7, 11) is 1.50. The van der Waals surface area contributed by atoms with Crippen LogP contribution in [0.25, 0.3) is 6.08 Å². The number of carbonyl (C=O) groups excluding carboxylic acids is 1. The van der Waals surface area contributed by atoms with Crippen molar-refractivity contribution in [3.8, 4) is 11.5 Å². The van der Waals surface area contributed by atoms with Crippen molar-refractivity contribution in [2.24, 2.45) is 4.99 Å². The number of nitro benzene ring substituents is 1. The van der Waals surface area contributed by atoms with Crippen LogP contribution in [0.3, 0.4) is 0 Å². The van der Waals surface area contributed by atoms with Crippen LogP contribution in [0.4, 0.5) is 5.69 Å². The molecule has 8 nitrogen and oxygen atoms in total. The minimum absolute atomic E-state index is 0.0230. The average molecular weight is 444 g/mol. The number of carbonyl (C=O) groups is 1. The summed E-state index contributed by atoms with van der Waals surface area (Å²) in [6, 6.07) is 18.9. The van der Waals surface area contributed by atoms with Crippen LogP contribution >= 0.6 is 0 Å². The number of benzene rings is 3. The highest BCUT2D eigenvalue weighted by atomic mass is 16.6. The molecule has 3 aromatic carbocycles. The molecule has 33 heavy (non-hydrogen) atoms. The van der Waals surface area contributed by atoms with E-state index in [1.807, 2.05) is 31.2 Å². The highest BCUT2D eigenvalue weighted by molar-refractivity contribution is 6.13. The van der Waals surface area contributed by atoms with Crippen molar-refractivity contribution in [3.05, 3.63) is 105 Å². The first-order valence-corrected chi connectivity index (χ1v) is 10.1. The van der Waals surface area contributed by atoms with Crippen molar-refractivity contribution in [1.29, 1.82) is 0 Å². The molecule has 0 unspecified atom stereocenters. The van der Waals surface area contributed by atoms with Gasteiger partial charge in [0.05, 0.1) is 12.0 Å². The van der Waals surface area contributed by atoms with Crippen LogP contribution < -0.4 is 9.47 Å². The van der Waals surface area contributed by atoms with Crippen molar-refractivity contribution in [3.63, 3.8) is 0 Å². The summed E-state index contributed by atoms with van der Waals surface area (Å²) in [4.78, 5) is 27.4. The number of para-hydroxylation sites is 1. The molecule has 4 rings (SSSR count). The number of ether oxygens (including phenoxy) is 3. The van der Waals surface area contributed by atoms with Gasteiger partial charge in [-0.2, -0.15) is 0 Å². The summed E-state index contributed by atoms with van der Waals surface area (Å²) in [5.74, 6) is 0.487. The maximum absolute atomic E-state index is 12.4. The molecule has 1 aliphatic heterocycles. The van der Waals surface area contributed by atoms with E-state index in [1.165, 1.54) is 19.2 Å². The van der Waals surface area contributed by atoms with Gasteiger partial charge >= 0.3 is 5.97 Å². The molecule has 1 heterocycles. The zero-order valence-corrected chi connectivity index (χ0v) is 18.0. The van der Waals surface area contributed by atoms with Crippen molar-refractivity contribution < 1.29 is 23.9 Å². The Morgan fingerprint density at radius 1 is 1.09 bits per heavy atom. The Bertz CT molecular complexity index is 1280. The SMILES string of the molecule is COc1cccc(/C=C2\N=C(c3ccc(C)cc3)OC2=O)c1OCc1cccc([N+](=O)[O-])c1. The fourth-order valence-corrected chi connectivity index (χ4v) is 3.25. The lowest BCUT2D eigenvalue weighted by atomic mass is 10.1. The topological polar surface area (TPSA) is 100 Å². The number of non-ortho nitro benzene ring substituents is 1. The number of esters is 1. The number of nitro groups is 1. The predicted octanol–water partition coefficient (Wildman–Crippen LogP) is 4.84. The standard InChI is InChI=1S/C25H20N2O6/c1-16-9-11-18(12-10-16)24-26-21(25(28)33-24)14-19-6-4-8-22(31-2)23(19)32-15-17-5-3-7-20(13-17)27(29)30/h3-14H,15H2,1-2H3/b21-14-. The summed E-state index contributed by atoms with van der Waals surface area (Å²) in [5, 5.41) is 11.0. The molecule has 0 atom stereocenters. The third kappa shape index (κ3) is 4.90. The number of hydrogen-bond donors (Lipinski definition) is 0. The molecule has 0 amide bonds. The summed E-state index contributed by atoms with van der Waals surface area (Å²) < 4.78 is 16.7. The van der Waals surface area contributed by atoms with Crippen LogP contribution in [0.15, 0.2) is 77.4 Å². The Hall–Kier alpha value is -4.46. The van der Waals surface area contributed by atoms with Gasteiger partial charge in [-0.15, -0.1) is 0 Å². The van der Waals surface area contributed by atoms with E-state index >= 15 is 0 Å². The third-order valence-corrected chi connectivity index (χ3v) is 4.95. The van der Waals surface area contributed by atoms with Gasteiger partial charge in [-0.1, -0.05) is 42.0 Å². The van der Waals surface area contributed by atoms with Gasteiger partial charge in [0.1, 0.15) is 6.61 Å². The molecule has 0 aromatic heterocycles. The van der Waals surface area contributed by atoms with Gasteiger partial charge in [0.2, 0.25) is 5.90 Å². The van der Waals surface area contributed by atoms with E-state index < -0.39 is 10.9 Å². The quantitative estimate of drug-likeness (QED) is 0.224. The van der Waals surface area contributed by atoms with Gasteiger partial charge in [0, 0.05) is 23.3 Å². The average Bonchev–Trinajstić information content (AvgIpc) is 3.18. The van der Waals surface area contributed by atoms with E-state index in [1.54, 1.807) is 36.4 Å². The molecule has 0 saturated carbocycles. The number of aliphatic imine (C=N–C) groups is 1. The first-order valence-electron chi connectivity index (χ1n) is 10.1. The van der Waals surface area contributed by atoms with Gasteiger partial charge in [-0.3, -0.25) is 10.1 Å². The minimum atomic E-state index is -0.571. The Kier molecular flexibility index (Phi) is 6.17. The molecule has 3 aromatic rings.